The Kier molecular flexibility index (Phi) is 5.02. The molecule has 2 N–H and O–H groups in total. The molecule has 1 aromatic carbocycles. The molecular weight excluding hydrogens is 278 g/mol. The molecule has 0 aliphatic heterocycles. The molecular formula is C14H22BrNO. The van der Waals surface area contributed by atoms with Gasteiger partial charge < -0.3 is 10.4 Å². The molecule has 0 saturated heterocycles. The average Bonchev–Trinajstić information content (AvgIpc) is 2.27. The SMILES string of the molecule is CCC(O)(CC)CNc1c(C)cc(Br)cc1C. The topological polar surface area (TPSA) is 32.3 Å². The van der Waals surface area contributed by atoms with Crippen molar-refractivity contribution in [2.24, 2.45) is 0 Å². The molecule has 0 aromatic heterocycles. The average molecular weight is 300 g/mol. The Morgan fingerprint density at radius 1 is 1.18 bits per heavy atom. The number of aliphatic hydroxyl groups is 1. The van der Waals surface area contributed by atoms with E-state index in [1.807, 2.05) is 13.8 Å². The number of anilines is 1. The van der Waals surface area contributed by atoms with Gasteiger partial charge in [-0.1, -0.05) is 29.8 Å². The second kappa shape index (κ2) is 5.87. The van der Waals surface area contributed by atoms with Gasteiger partial charge in [0.2, 0.25) is 0 Å². The Labute approximate surface area is 113 Å². The molecule has 96 valence electrons. The van der Waals surface area contributed by atoms with Crippen molar-refractivity contribution in [1.29, 1.82) is 0 Å². The number of aryl methyl sites for hydroxylation is 2. The molecule has 0 heterocycles. The molecule has 0 unspecified atom stereocenters. The summed E-state index contributed by atoms with van der Waals surface area (Å²) in [6, 6.07) is 4.18. The zero-order chi connectivity index (χ0) is 13.1. The number of hydrogen-bond acceptors (Lipinski definition) is 2. The molecule has 0 radical (unpaired) electrons. The zero-order valence-corrected chi connectivity index (χ0v) is 12.7. The first-order valence-corrected chi connectivity index (χ1v) is 6.94. The normalized spacial score (nSPS) is 11.6. The second-order valence-electron chi connectivity index (χ2n) is 4.70. The molecule has 0 fully saturated rings. The molecule has 2 nitrogen and oxygen atoms in total. The van der Waals surface area contributed by atoms with E-state index in [4.69, 9.17) is 0 Å². The number of rotatable bonds is 5. The first-order valence-electron chi connectivity index (χ1n) is 6.15. The van der Waals surface area contributed by atoms with E-state index >= 15 is 0 Å². The molecule has 0 spiro atoms. The molecule has 1 rings (SSSR count). The van der Waals surface area contributed by atoms with Gasteiger partial charge in [0.05, 0.1) is 5.60 Å². The first-order chi connectivity index (χ1) is 7.91. The summed E-state index contributed by atoms with van der Waals surface area (Å²) in [5, 5.41) is 13.6. The lowest BCUT2D eigenvalue weighted by molar-refractivity contribution is 0.0457. The Bertz CT molecular complexity index is 363. The van der Waals surface area contributed by atoms with E-state index in [0.717, 1.165) is 23.0 Å². The highest BCUT2D eigenvalue weighted by atomic mass is 79.9. The van der Waals surface area contributed by atoms with Gasteiger partial charge in [0.15, 0.2) is 0 Å². The van der Waals surface area contributed by atoms with Gasteiger partial charge in [0.1, 0.15) is 0 Å². The lowest BCUT2D eigenvalue weighted by Crippen LogP contribution is -2.35. The van der Waals surface area contributed by atoms with E-state index in [1.165, 1.54) is 11.1 Å². The summed E-state index contributed by atoms with van der Waals surface area (Å²) in [6.45, 7) is 8.80. The Morgan fingerprint density at radius 2 is 1.65 bits per heavy atom. The van der Waals surface area contributed by atoms with Crippen LogP contribution in [-0.4, -0.2) is 17.3 Å². The van der Waals surface area contributed by atoms with Crippen molar-refractivity contribution in [3.8, 4) is 0 Å². The van der Waals surface area contributed by atoms with Crippen LogP contribution in [-0.2, 0) is 0 Å². The lowest BCUT2D eigenvalue weighted by Gasteiger charge is -2.27. The van der Waals surface area contributed by atoms with Crippen LogP contribution in [0.2, 0.25) is 0 Å². The fourth-order valence-electron chi connectivity index (χ4n) is 1.94. The van der Waals surface area contributed by atoms with Crippen LogP contribution in [0.4, 0.5) is 5.69 Å². The minimum Gasteiger partial charge on any atom is -0.388 e. The molecule has 0 saturated carbocycles. The monoisotopic (exact) mass is 299 g/mol. The standard InChI is InChI=1S/C14H22BrNO/c1-5-14(17,6-2)9-16-13-10(3)7-12(15)8-11(13)4/h7-8,16-17H,5-6,9H2,1-4H3. The van der Waals surface area contributed by atoms with E-state index in [9.17, 15) is 5.11 Å². The Hall–Kier alpha value is -0.540. The maximum Gasteiger partial charge on any atom is 0.0814 e. The largest absolute Gasteiger partial charge is 0.388 e. The van der Waals surface area contributed by atoms with Crippen LogP contribution in [0.3, 0.4) is 0 Å². The molecule has 1 aromatic rings. The van der Waals surface area contributed by atoms with Crippen LogP contribution in [0, 0.1) is 13.8 Å². The van der Waals surface area contributed by atoms with Gasteiger partial charge in [-0.2, -0.15) is 0 Å². The summed E-state index contributed by atoms with van der Waals surface area (Å²) in [6.07, 6.45) is 1.54. The maximum atomic E-state index is 10.3. The van der Waals surface area contributed by atoms with Crippen LogP contribution in [0.15, 0.2) is 16.6 Å². The van der Waals surface area contributed by atoms with Gasteiger partial charge in [-0.05, 0) is 49.9 Å². The number of hydrogen-bond donors (Lipinski definition) is 2. The van der Waals surface area contributed by atoms with Crippen molar-refractivity contribution in [2.45, 2.75) is 46.1 Å². The molecule has 0 aliphatic rings. The van der Waals surface area contributed by atoms with E-state index in [2.05, 4.69) is 47.2 Å². The fraction of sp³-hybridized carbons (Fsp3) is 0.571. The van der Waals surface area contributed by atoms with E-state index < -0.39 is 5.60 Å². The molecule has 3 heteroatoms. The molecule has 0 atom stereocenters. The van der Waals surface area contributed by atoms with E-state index in [-0.39, 0.29) is 0 Å². The van der Waals surface area contributed by atoms with Crippen LogP contribution in [0.5, 0.6) is 0 Å². The third kappa shape index (κ3) is 3.71. The van der Waals surface area contributed by atoms with Crippen LogP contribution >= 0.6 is 15.9 Å². The van der Waals surface area contributed by atoms with Crippen molar-refractivity contribution in [1.82, 2.24) is 0 Å². The van der Waals surface area contributed by atoms with Gasteiger partial charge in [-0.15, -0.1) is 0 Å². The summed E-state index contributed by atoms with van der Waals surface area (Å²) < 4.78 is 1.10. The van der Waals surface area contributed by atoms with E-state index in [1.54, 1.807) is 0 Å². The highest BCUT2D eigenvalue weighted by molar-refractivity contribution is 9.10. The van der Waals surface area contributed by atoms with Crippen LogP contribution in [0.1, 0.15) is 37.8 Å². The summed E-state index contributed by atoms with van der Waals surface area (Å²) in [5.41, 5.74) is 2.93. The van der Waals surface area contributed by atoms with Crippen molar-refractivity contribution in [2.75, 3.05) is 11.9 Å². The van der Waals surface area contributed by atoms with Crippen molar-refractivity contribution in [3.05, 3.63) is 27.7 Å². The Morgan fingerprint density at radius 3 is 2.06 bits per heavy atom. The van der Waals surface area contributed by atoms with Gasteiger partial charge in [0.25, 0.3) is 0 Å². The van der Waals surface area contributed by atoms with Gasteiger partial charge in [-0.25, -0.2) is 0 Å². The predicted octanol–water partition coefficient (Wildman–Crippen LogP) is 4.03. The zero-order valence-electron chi connectivity index (χ0n) is 11.1. The molecule has 17 heavy (non-hydrogen) atoms. The minimum absolute atomic E-state index is 0.601. The van der Waals surface area contributed by atoms with Crippen molar-refractivity contribution >= 4 is 21.6 Å². The third-order valence-corrected chi connectivity index (χ3v) is 3.87. The summed E-state index contributed by atoms with van der Waals surface area (Å²) in [7, 11) is 0. The quantitative estimate of drug-likeness (QED) is 0.860. The first kappa shape index (κ1) is 14.5. The predicted molar refractivity (Wildman–Crippen MR) is 77.6 cm³/mol. The summed E-state index contributed by atoms with van der Waals surface area (Å²) in [4.78, 5) is 0. The fourth-order valence-corrected chi connectivity index (χ4v) is 2.63. The van der Waals surface area contributed by atoms with Crippen LogP contribution in [0.25, 0.3) is 0 Å². The third-order valence-electron chi connectivity index (χ3n) is 3.41. The van der Waals surface area contributed by atoms with Crippen molar-refractivity contribution in [3.63, 3.8) is 0 Å². The van der Waals surface area contributed by atoms with Crippen LogP contribution < -0.4 is 5.32 Å². The van der Waals surface area contributed by atoms with E-state index in [0.29, 0.717) is 6.54 Å². The highest BCUT2D eigenvalue weighted by Crippen LogP contribution is 2.26. The number of nitrogens with one attached hydrogen (secondary N) is 1. The minimum atomic E-state index is -0.605. The molecule has 0 amide bonds. The second-order valence-corrected chi connectivity index (χ2v) is 5.62. The Balaban J connectivity index is 2.83. The van der Waals surface area contributed by atoms with Crippen molar-refractivity contribution < 1.29 is 5.11 Å². The number of halogens is 1. The van der Waals surface area contributed by atoms with Gasteiger partial charge in [0, 0.05) is 16.7 Å². The smallest absolute Gasteiger partial charge is 0.0814 e. The lowest BCUT2D eigenvalue weighted by atomic mass is 9.97. The molecule has 0 bridgehead atoms. The highest BCUT2D eigenvalue weighted by Gasteiger charge is 2.22. The number of benzene rings is 1. The van der Waals surface area contributed by atoms with Gasteiger partial charge in [-0.3, -0.25) is 0 Å². The molecule has 0 aliphatic carbocycles. The summed E-state index contributed by atoms with van der Waals surface area (Å²) >= 11 is 3.49. The summed E-state index contributed by atoms with van der Waals surface area (Å²) in [5.74, 6) is 0. The maximum absolute atomic E-state index is 10.3. The van der Waals surface area contributed by atoms with Gasteiger partial charge >= 0.3 is 0 Å².